The molecule has 0 aliphatic rings. The molecule has 0 spiro atoms. The zero-order chi connectivity index (χ0) is 31.1. The number of carbonyl (C=O) groups excluding carboxylic acids is 10. The SMILES string of the molecule is C.CCC(=O)OC.CCOC=O.COC(=O)C(C)COC=O.COC(C)=O.COC(C)=O.O=C=O.O=C=O. The fraction of sp³-hybridized carbons (Fsp3) is 0.636. The molecule has 0 bridgehead atoms. The zero-order valence-electron chi connectivity index (χ0n) is 22.4. The molecule has 0 saturated heterocycles. The summed E-state index contributed by atoms with van der Waals surface area (Å²) in [4.78, 5) is 91.1. The van der Waals surface area contributed by atoms with Crippen LogP contribution in [0.4, 0.5) is 0 Å². The Kier molecular flexibility index (Phi) is 83.8. The molecule has 0 aromatic carbocycles. The van der Waals surface area contributed by atoms with Crippen molar-refractivity contribution in [2.45, 2.75) is 48.5 Å². The van der Waals surface area contributed by atoms with Crippen LogP contribution >= 0.6 is 0 Å². The molecule has 0 aliphatic carbocycles. The zero-order valence-corrected chi connectivity index (χ0v) is 22.4. The van der Waals surface area contributed by atoms with E-state index in [9.17, 15) is 28.8 Å². The van der Waals surface area contributed by atoms with E-state index in [0.717, 1.165) is 0 Å². The molecule has 16 nitrogen and oxygen atoms in total. The van der Waals surface area contributed by atoms with Crippen LogP contribution in [0.1, 0.15) is 48.5 Å². The molecule has 0 amide bonds. The first kappa shape index (κ1) is 54.5. The monoisotopic (exact) mass is 560 g/mol. The minimum Gasteiger partial charge on any atom is -0.469 e. The van der Waals surface area contributed by atoms with Gasteiger partial charge in [0.1, 0.15) is 6.61 Å². The number of carbonyl (C=O) groups is 6. The van der Waals surface area contributed by atoms with Gasteiger partial charge in [0, 0.05) is 20.3 Å². The number of rotatable bonds is 7. The van der Waals surface area contributed by atoms with Gasteiger partial charge >= 0.3 is 36.2 Å². The van der Waals surface area contributed by atoms with Crippen LogP contribution in [0.25, 0.3) is 0 Å². The summed E-state index contributed by atoms with van der Waals surface area (Å²) >= 11 is 0. The van der Waals surface area contributed by atoms with Gasteiger partial charge in [-0.2, -0.15) is 19.2 Å². The molecule has 0 N–H and O–H groups in total. The van der Waals surface area contributed by atoms with Gasteiger partial charge in [-0.15, -0.1) is 0 Å². The van der Waals surface area contributed by atoms with Crippen molar-refractivity contribution in [3.63, 3.8) is 0 Å². The molecule has 0 fully saturated rings. The first-order chi connectivity index (χ1) is 17.3. The van der Waals surface area contributed by atoms with Gasteiger partial charge < -0.3 is 28.4 Å². The second-order valence-corrected chi connectivity index (χ2v) is 4.89. The smallest absolute Gasteiger partial charge is 0.373 e. The standard InChI is InChI=1S/C6H10O4.C4H8O2.3C3H6O2.2CO2.CH4/c1-5(3-10-4-7)6(8)9-2;1-3-4(5)6-2;2*1-3(4)5-2;1-2-5-3-4;2*2-1-3;/h4-5H,3H2,1-2H3;3H2,1-2H3;2*1-2H3;3H,2H2,1H3;;;1H4. The van der Waals surface area contributed by atoms with E-state index < -0.39 is 0 Å². The summed E-state index contributed by atoms with van der Waals surface area (Å²) in [6.45, 7) is 9.15. The Bertz CT molecular complexity index is 587. The lowest BCUT2D eigenvalue weighted by molar-refractivity contribution is -0.193. The summed E-state index contributed by atoms with van der Waals surface area (Å²) in [5.41, 5.74) is 0. The molecule has 0 radical (unpaired) electrons. The minimum atomic E-state index is -0.379. The van der Waals surface area contributed by atoms with Crippen LogP contribution in [0.5, 0.6) is 0 Å². The van der Waals surface area contributed by atoms with Gasteiger partial charge in [0.15, 0.2) is 0 Å². The predicted molar refractivity (Wildman–Crippen MR) is 125 cm³/mol. The Balaban J connectivity index is -0.0000000478. The van der Waals surface area contributed by atoms with Crippen LogP contribution in [0, 0.1) is 5.92 Å². The van der Waals surface area contributed by atoms with Crippen LogP contribution in [0.3, 0.4) is 0 Å². The third-order valence-electron chi connectivity index (χ3n) is 2.34. The maximum Gasteiger partial charge on any atom is 0.373 e. The van der Waals surface area contributed by atoms with Gasteiger partial charge in [-0.25, -0.2) is 0 Å². The van der Waals surface area contributed by atoms with Gasteiger partial charge in [-0.05, 0) is 13.8 Å². The van der Waals surface area contributed by atoms with Gasteiger partial charge in [-0.1, -0.05) is 14.4 Å². The second kappa shape index (κ2) is 58.4. The minimum absolute atomic E-state index is 0. The van der Waals surface area contributed by atoms with Gasteiger partial charge in [0.2, 0.25) is 0 Å². The Morgan fingerprint density at radius 2 is 1.03 bits per heavy atom. The lowest BCUT2D eigenvalue weighted by Crippen LogP contribution is -2.17. The first-order valence-electron chi connectivity index (χ1n) is 9.64. The van der Waals surface area contributed by atoms with Crippen molar-refractivity contribution in [2.24, 2.45) is 5.92 Å². The van der Waals surface area contributed by atoms with Gasteiger partial charge in [0.05, 0.1) is 41.0 Å². The van der Waals surface area contributed by atoms with Crippen molar-refractivity contribution in [3.8, 4) is 0 Å². The van der Waals surface area contributed by atoms with Crippen LogP contribution in [-0.2, 0) is 76.4 Å². The highest BCUT2D eigenvalue weighted by Gasteiger charge is 2.12. The summed E-state index contributed by atoms with van der Waals surface area (Å²) in [5, 5.41) is 0. The maximum absolute atomic E-state index is 10.6. The molecule has 16 heteroatoms. The number of esters is 4. The Hall–Kier alpha value is -4.42. The molecular formula is C22H40O16. The fourth-order valence-electron chi connectivity index (χ4n) is 0.665. The van der Waals surface area contributed by atoms with Crippen molar-refractivity contribution in [1.82, 2.24) is 0 Å². The summed E-state index contributed by atoms with van der Waals surface area (Å²) in [5.74, 6) is -1.40. The third kappa shape index (κ3) is 122. The molecule has 0 aromatic rings. The average Bonchev–Trinajstić information content (AvgIpc) is 2.88. The molecule has 1 atom stereocenters. The van der Waals surface area contributed by atoms with Crippen LogP contribution < -0.4 is 0 Å². The highest BCUT2D eigenvalue weighted by atomic mass is 16.5. The number of methoxy groups -OCH3 is 4. The van der Waals surface area contributed by atoms with Crippen molar-refractivity contribution in [1.29, 1.82) is 0 Å². The van der Waals surface area contributed by atoms with E-state index in [1.807, 2.05) is 0 Å². The molecule has 0 aromatic heterocycles. The molecule has 0 saturated carbocycles. The van der Waals surface area contributed by atoms with Crippen LogP contribution in [0.2, 0.25) is 0 Å². The topological polar surface area (TPSA) is 226 Å². The molecule has 38 heavy (non-hydrogen) atoms. The van der Waals surface area contributed by atoms with E-state index in [-0.39, 0.29) is 56.1 Å². The van der Waals surface area contributed by atoms with Crippen molar-refractivity contribution < 1.29 is 76.4 Å². The highest BCUT2D eigenvalue weighted by Crippen LogP contribution is 1.96. The second-order valence-electron chi connectivity index (χ2n) is 4.89. The van der Waals surface area contributed by atoms with E-state index in [1.54, 1.807) is 20.8 Å². The van der Waals surface area contributed by atoms with Gasteiger partial charge in [-0.3, -0.25) is 28.8 Å². The van der Waals surface area contributed by atoms with Crippen molar-refractivity contribution in [3.05, 3.63) is 0 Å². The Morgan fingerprint density at radius 3 is 1.13 bits per heavy atom. The quantitative estimate of drug-likeness (QED) is 0.235. The van der Waals surface area contributed by atoms with Crippen LogP contribution in [0.15, 0.2) is 0 Å². The third-order valence-corrected chi connectivity index (χ3v) is 2.34. The molecule has 0 rings (SSSR count). The van der Waals surface area contributed by atoms with Gasteiger partial charge in [0.25, 0.3) is 12.9 Å². The fourth-order valence-corrected chi connectivity index (χ4v) is 0.665. The lowest BCUT2D eigenvalue weighted by Gasteiger charge is -2.05. The lowest BCUT2D eigenvalue weighted by atomic mass is 10.2. The average molecular weight is 561 g/mol. The maximum atomic E-state index is 10.6. The van der Waals surface area contributed by atoms with E-state index in [1.165, 1.54) is 42.3 Å². The normalized spacial score (nSPS) is 7.39. The van der Waals surface area contributed by atoms with Crippen molar-refractivity contribution in [2.75, 3.05) is 41.7 Å². The number of hydrogen-bond donors (Lipinski definition) is 0. The summed E-state index contributed by atoms with van der Waals surface area (Å²) in [7, 11) is 5.37. The number of hydrogen-bond acceptors (Lipinski definition) is 16. The molecule has 1 unspecified atom stereocenters. The Labute approximate surface area is 222 Å². The number of ether oxygens (including phenoxy) is 6. The van der Waals surface area contributed by atoms with E-state index in [4.69, 9.17) is 19.2 Å². The summed E-state index contributed by atoms with van der Waals surface area (Å²) in [6.07, 6.45) is 0.969. The van der Waals surface area contributed by atoms with E-state index in [2.05, 4.69) is 28.4 Å². The molecule has 224 valence electrons. The van der Waals surface area contributed by atoms with E-state index >= 15 is 0 Å². The molecule has 0 heterocycles. The molecular weight excluding hydrogens is 520 g/mol. The first-order valence-corrected chi connectivity index (χ1v) is 9.64. The highest BCUT2D eigenvalue weighted by molar-refractivity contribution is 5.72. The molecule has 0 aliphatic heterocycles. The van der Waals surface area contributed by atoms with E-state index in [0.29, 0.717) is 26.0 Å². The summed E-state index contributed by atoms with van der Waals surface area (Å²) in [6, 6.07) is 0. The Morgan fingerprint density at radius 1 is 0.711 bits per heavy atom. The predicted octanol–water partition coefficient (Wildman–Crippen LogP) is 0.545. The summed E-state index contributed by atoms with van der Waals surface area (Å²) < 4.78 is 25.3. The largest absolute Gasteiger partial charge is 0.469 e. The van der Waals surface area contributed by atoms with Crippen LogP contribution in [-0.4, -0.2) is 90.8 Å². The van der Waals surface area contributed by atoms with Crippen molar-refractivity contribution >= 4 is 49.1 Å².